The summed E-state index contributed by atoms with van der Waals surface area (Å²) in [6.45, 7) is 0.740. The van der Waals surface area contributed by atoms with E-state index >= 15 is 0 Å². The van der Waals surface area contributed by atoms with Crippen LogP contribution in [0.4, 0.5) is 0 Å². The van der Waals surface area contributed by atoms with E-state index in [2.05, 4.69) is 16.0 Å². The molecule has 1 aliphatic heterocycles. The Kier molecular flexibility index (Phi) is 17.2. The van der Waals surface area contributed by atoms with Gasteiger partial charge in [0.1, 0.15) is 0 Å². The van der Waals surface area contributed by atoms with E-state index in [9.17, 15) is 28.8 Å². The van der Waals surface area contributed by atoms with Crippen LogP contribution < -0.4 is 16.0 Å². The third kappa shape index (κ3) is 15.2. The van der Waals surface area contributed by atoms with Crippen molar-refractivity contribution in [3.05, 3.63) is 42.0 Å². The van der Waals surface area contributed by atoms with Crippen LogP contribution in [-0.4, -0.2) is 77.3 Å². The van der Waals surface area contributed by atoms with Gasteiger partial charge in [-0.2, -0.15) is 0 Å². The molecule has 5 amide bonds. The number of benzene rings is 1. The quantitative estimate of drug-likeness (QED) is 0.0866. The third-order valence-corrected chi connectivity index (χ3v) is 8.68. The van der Waals surface area contributed by atoms with Crippen LogP contribution in [0, 0.1) is 0 Å². The van der Waals surface area contributed by atoms with Gasteiger partial charge in [-0.25, -0.2) is 0 Å². The van der Waals surface area contributed by atoms with Gasteiger partial charge in [0.2, 0.25) is 17.7 Å². The summed E-state index contributed by atoms with van der Waals surface area (Å²) >= 11 is 0. The fourth-order valence-electron chi connectivity index (χ4n) is 3.81. The highest BCUT2D eigenvalue weighted by Gasteiger charge is 2.22. The Balaban J connectivity index is 1.38. The van der Waals surface area contributed by atoms with Crippen LogP contribution in [0.15, 0.2) is 41.3 Å². The predicted octanol–water partition coefficient (Wildman–Crippen LogP) is 2.27. The van der Waals surface area contributed by atoms with Gasteiger partial charge < -0.3 is 21.1 Å². The lowest BCUT2D eigenvalue weighted by molar-refractivity contribution is -0.137. The first-order valence-corrected chi connectivity index (χ1v) is 16.4. The van der Waals surface area contributed by atoms with Gasteiger partial charge >= 0.3 is 0 Å². The second-order valence-electron chi connectivity index (χ2n) is 9.68. The number of aliphatic hydroxyl groups excluding tert-OH is 1. The second kappa shape index (κ2) is 20.7. The van der Waals surface area contributed by atoms with Crippen LogP contribution in [0.25, 0.3) is 0 Å². The number of unbranched alkanes of at least 4 members (excludes halogenated alkanes) is 3. The SMILES string of the molecule is O=C(CCCCC(=O)NCC(=O)NCCCSSc1ccc(CO)cc1)CNC(=O)CCCCCN1C(=O)C=CC1=O. The Morgan fingerprint density at radius 1 is 0.714 bits per heavy atom. The normalized spacial score (nSPS) is 12.5. The Morgan fingerprint density at radius 2 is 1.33 bits per heavy atom. The monoisotopic (exact) mass is 620 g/mol. The molecule has 1 aromatic carbocycles. The van der Waals surface area contributed by atoms with Gasteiger partial charge in [-0.1, -0.05) is 40.1 Å². The zero-order chi connectivity index (χ0) is 30.6. The van der Waals surface area contributed by atoms with Crippen molar-refractivity contribution < 1.29 is 33.9 Å². The molecule has 0 spiro atoms. The van der Waals surface area contributed by atoms with E-state index in [4.69, 9.17) is 5.11 Å². The van der Waals surface area contributed by atoms with Crippen LogP contribution >= 0.6 is 21.6 Å². The number of nitrogens with zero attached hydrogens (tertiary/aromatic N) is 1. The van der Waals surface area contributed by atoms with Crippen LogP contribution in [-0.2, 0) is 35.4 Å². The molecule has 11 nitrogen and oxygen atoms in total. The van der Waals surface area contributed by atoms with E-state index < -0.39 is 0 Å². The average molecular weight is 621 g/mol. The molecule has 230 valence electrons. The number of carbonyl (C=O) groups excluding carboxylic acids is 6. The van der Waals surface area contributed by atoms with Crippen molar-refractivity contribution in [2.24, 2.45) is 0 Å². The highest BCUT2D eigenvalue weighted by Crippen LogP contribution is 2.31. The summed E-state index contributed by atoms with van der Waals surface area (Å²) in [6, 6.07) is 7.70. The summed E-state index contributed by atoms with van der Waals surface area (Å²) in [5.74, 6) is -0.601. The van der Waals surface area contributed by atoms with E-state index in [0.717, 1.165) is 22.6 Å². The molecule has 0 radical (unpaired) electrons. The van der Waals surface area contributed by atoms with Crippen molar-refractivity contribution in [3.63, 3.8) is 0 Å². The molecule has 42 heavy (non-hydrogen) atoms. The molecule has 1 aromatic rings. The van der Waals surface area contributed by atoms with Gasteiger partial charge in [0.05, 0.1) is 19.7 Å². The van der Waals surface area contributed by atoms with E-state index in [1.807, 2.05) is 24.3 Å². The molecule has 0 saturated heterocycles. The fraction of sp³-hybridized carbons (Fsp3) is 0.517. The molecule has 13 heteroatoms. The molecule has 1 aliphatic rings. The van der Waals surface area contributed by atoms with Gasteiger partial charge in [-0.15, -0.1) is 0 Å². The Hall–Kier alpha value is -3.16. The topological polar surface area (TPSA) is 162 Å². The van der Waals surface area contributed by atoms with Crippen LogP contribution in [0.3, 0.4) is 0 Å². The van der Waals surface area contributed by atoms with Gasteiger partial charge in [0, 0.05) is 55.2 Å². The zero-order valence-corrected chi connectivity index (χ0v) is 25.4. The average Bonchev–Trinajstić information content (AvgIpc) is 3.31. The standard InChI is InChI=1S/C29H40N4O7S2/c34-21-22-10-12-24(13-11-22)42-41-18-6-16-30-27(38)20-32-26(37)9-4-3-7-23(35)19-31-25(36)8-2-1-5-17-33-28(39)14-15-29(33)40/h10-15,34H,1-9,16-21H2,(H,30,38)(H,31,36)(H,32,37). The molecule has 1 heterocycles. The lowest BCUT2D eigenvalue weighted by Gasteiger charge is -2.13. The maximum Gasteiger partial charge on any atom is 0.253 e. The maximum absolute atomic E-state index is 12.0. The summed E-state index contributed by atoms with van der Waals surface area (Å²) in [5.41, 5.74) is 0.876. The molecular formula is C29H40N4O7S2. The zero-order valence-electron chi connectivity index (χ0n) is 23.7. The van der Waals surface area contributed by atoms with E-state index in [0.29, 0.717) is 45.2 Å². The van der Waals surface area contributed by atoms with E-state index in [-0.39, 0.29) is 74.3 Å². The summed E-state index contributed by atoms with van der Waals surface area (Å²) < 4.78 is 0. The summed E-state index contributed by atoms with van der Waals surface area (Å²) in [5, 5.41) is 17.0. The smallest absolute Gasteiger partial charge is 0.253 e. The molecule has 0 bridgehead atoms. The summed E-state index contributed by atoms with van der Waals surface area (Å²) in [7, 11) is 3.33. The predicted molar refractivity (Wildman–Crippen MR) is 162 cm³/mol. The first-order valence-electron chi connectivity index (χ1n) is 14.1. The van der Waals surface area contributed by atoms with Crippen molar-refractivity contribution >= 4 is 56.9 Å². The van der Waals surface area contributed by atoms with Crippen molar-refractivity contribution in [3.8, 4) is 0 Å². The van der Waals surface area contributed by atoms with Crippen molar-refractivity contribution in [2.75, 3.05) is 31.9 Å². The molecule has 0 aromatic heterocycles. The number of nitrogens with one attached hydrogen (secondary N) is 3. The van der Waals surface area contributed by atoms with Crippen LogP contribution in [0.5, 0.6) is 0 Å². The number of aliphatic hydroxyl groups is 1. The number of hydrogen-bond donors (Lipinski definition) is 4. The minimum atomic E-state index is -0.310. The van der Waals surface area contributed by atoms with Crippen molar-refractivity contribution in [1.82, 2.24) is 20.9 Å². The molecule has 0 unspecified atom stereocenters. The Morgan fingerprint density at radius 3 is 2.00 bits per heavy atom. The maximum atomic E-state index is 12.0. The largest absolute Gasteiger partial charge is 0.392 e. The Labute approximate surface area is 254 Å². The molecule has 4 N–H and O–H groups in total. The number of ketones is 1. The van der Waals surface area contributed by atoms with Gasteiger partial charge in [0.15, 0.2) is 5.78 Å². The van der Waals surface area contributed by atoms with E-state index in [1.54, 1.807) is 21.6 Å². The molecule has 0 fully saturated rings. The Bertz CT molecular complexity index is 1080. The first kappa shape index (κ1) is 35.0. The molecule has 0 aliphatic carbocycles. The highest BCUT2D eigenvalue weighted by atomic mass is 33.1. The molecule has 0 saturated carbocycles. The lowest BCUT2D eigenvalue weighted by atomic mass is 10.1. The lowest BCUT2D eigenvalue weighted by Crippen LogP contribution is -2.37. The van der Waals surface area contributed by atoms with Gasteiger partial charge in [0.25, 0.3) is 11.8 Å². The third-order valence-electron chi connectivity index (χ3n) is 6.21. The minimum Gasteiger partial charge on any atom is -0.392 e. The molecular weight excluding hydrogens is 580 g/mol. The van der Waals surface area contributed by atoms with Gasteiger partial charge in [-0.05, 0) is 49.8 Å². The molecule has 2 rings (SSSR count). The molecule has 0 atom stereocenters. The first-order chi connectivity index (χ1) is 20.3. The highest BCUT2D eigenvalue weighted by molar-refractivity contribution is 8.76. The number of imide groups is 1. The van der Waals surface area contributed by atoms with Crippen LogP contribution in [0.2, 0.25) is 0 Å². The van der Waals surface area contributed by atoms with Crippen LogP contribution in [0.1, 0.15) is 63.4 Å². The van der Waals surface area contributed by atoms with Crippen molar-refractivity contribution in [1.29, 1.82) is 0 Å². The number of carbonyl (C=O) groups is 6. The number of hydrogen-bond acceptors (Lipinski definition) is 9. The summed E-state index contributed by atoms with van der Waals surface area (Å²) in [4.78, 5) is 73.0. The number of amides is 5. The van der Waals surface area contributed by atoms with Crippen molar-refractivity contribution in [2.45, 2.75) is 69.3 Å². The number of Topliss-reactive ketones (excluding diaryl/α,β-unsaturated/α-hetero) is 1. The second-order valence-corrected chi connectivity index (χ2v) is 12.2. The fourth-order valence-corrected chi connectivity index (χ4v) is 5.89. The van der Waals surface area contributed by atoms with E-state index in [1.165, 1.54) is 17.1 Å². The number of rotatable bonds is 22. The van der Waals surface area contributed by atoms with Gasteiger partial charge in [-0.3, -0.25) is 33.7 Å². The summed E-state index contributed by atoms with van der Waals surface area (Å²) in [6.07, 6.45) is 6.93. The minimum absolute atomic E-state index is 0.0294.